The number of benzene rings is 2. The Morgan fingerprint density at radius 1 is 0.870 bits per heavy atom. The van der Waals surface area contributed by atoms with Gasteiger partial charge < -0.3 is 9.30 Å². The molecule has 0 aliphatic heterocycles. The van der Waals surface area contributed by atoms with Gasteiger partial charge in [-0.15, -0.1) is 0 Å². The highest BCUT2D eigenvalue weighted by molar-refractivity contribution is 6.30. The molecule has 0 saturated carbocycles. The van der Waals surface area contributed by atoms with Crippen molar-refractivity contribution in [2.24, 2.45) is 0 Å². The lowest BCUT2D eigenvalue weighted by molar-refractivity contribution is 0.0735. The maximum Gasteiger partial charge on any atom is 0.343 e. The van der Waals surface area contributed by atoms with Crippen molar-refractivity contribution in [2.45, 2.75) is 13.8 Å². The zero-order valence-corrected chi connectivity index (χ0v) is 13.7. The lowest BCUT2D eigenvalue weighted by Crippen LogP contribution is -2.08. The number of ether oxygens (including phenoxy) is 1. The molecular weight excluding hydrogens is 310 g/mol. The predicted molar refractivity (Wildman–Crippen MR) is 91.7 cm³/mol. The van der Waals surface area contributed by atoms with Crippen LogP contribution < -0.4 is 4.74 Å². The van der Waals surface area contributed by atoms with E-state index >= 15 is 0 Å². The minimum absolute atomic E-state index is 0.400. The summed E-state index contributed by atoms with van der Waals surface area (Å²) in [6.07, 6.45) is 0. The lowest BCUT2D eigenvalue weighted by Gasteiger charge is -2.10. The monoisotopic (exact) mass is 325 g/mol. The Kier molecular flexibility index (Phi) is 4.22. The summed E-state index contributed by atoms with van der Waals surface area (Å²) < 4.78 is 7.53. The summed E-state index contributed by atoms with van der Waals surface area (Å²) in [4.78, 5) is 12.1. The number of aromatic nitrogens is 1. The van der Waals surface area contributed by atoms with Gasteiger partial charge in [0.2, 0.25) is 0 Å². The number of rotatable bonds is 3. The molecular formula is C19H16ClNO2. The van der Waals surface area contributed by atoms with Gasteiger partial charge >= 0.3 is 5.97 Å². The van der Waals surface area contributed by atoms with Crippen LogP contribution in [0, 0.1) is 13.8 Å². The van der Waals surface area contributed by atoms with Crippen molar-refractivity contribution in [1.82, 2.24) is 4.57 Å². The number of carbonyl (C=O) groups is 1. The topological polar surface area (TPSA) is 31.2 Å². The van der Waals surface area contributed by atoms with Crippen LogP contribution >= 0.6 is 11.6 Å². The second-order valence-electron chi connectivity index (χ2n) is 5.34. The third-order valence-corrected chi connectivity index (χ3v) is 3.91. The highest BCUT2D eigenvalue weighted by atomic mass is 35.5. The van der Waals surface area contributed by atoms with Crippen LogP contribution in [0.25, 0.3) is 5.69 Å². The van der Waals surface area contributed by atoms with Crippen molar-refractivity contribution in [1.29, 1.82) is 0 Å². The number of carbonyl (C=O) groups excluding carboxylic acids is 1. The first-order valence-corrected chi connectivity index (χ1v) is 7.65. The van der Waals surface area contributed by atoms with Crippen LogP contribution in [-0.2, 0) is 0 Å². The molecule has 116 valence electrons. The van der Waals surface area contributed by atoms with Crippen LogP contribution in [0.4, 0.5) is 0 Å². The zero-order valence-electron chi connectivity index (χ0n) is 12.9. The number of halogens is 1. The van der Waals surface area contributed by atoms with Crippen molar-refractivity contribution < 1.29 is 9.53 Å². The van der Waals surface area contributed by atoms with Gasteiger partial charge in [0.1, 0.15) is 5.75 Å². The third kappa shape index (κ3) is 3.30. The summed E-state index contributed by atoms with van der Waals surface area (Å²) >= 11 is 5.81. The van der Waals surface area contributed by atoms with E-state index in [1.807, 2.05) is 12.1 Å². The molecule has 0 aliphatic carbocycles. The summed E-state index contributed by atoms with van der Waals surface area (Å²) in [7, 11) is 0. The van der Waals surface area contributed by atoms with Crippen LogP contribution in [0.15, 0.2) is 60.7 Å². The molecule has 0 bridgehead atoms. The van der Waals surface area contributed by atoms with Crippen molar-refractivity contribution in [3.63, 3.8) is 0 Å². The van der Waals surface area contributed by atoms with E-state index in [2.05, 4.69) is 30.5 Å². The molecule has 2 aromatic carbocycles. The molecule has 0 radical (unpaired) electrons. The summed E-state index contributed by atoms with van der Waals surface area (Å²) in [6, 6.07) is 18.2. The Balaban J connectivity index is 1.78. The fraction of sp³-hybridized carbons (Fsp3) is 0.105. The number of esters is 1. The fourth-order valence-corrected chi connectivity index (χ4v) is 2.62. The molecule has 0 atom stereocenters. The van der Waals surface area contributed by atoms with E-state index in [4.69, 9.17) is 16.3 Å². The van der Waals surface area contributed by atoms with E-state index in [-0.39, 0.29) is 0 Å². The quantitative estimate of drug-likeness (QED) is 0.503. The molecule has 3 nitrogen and oxygen atoms in total. The molecule has 1 aromatic heterocycles. The van der Waals surface area contributed by atoms with Crippen molar-refractivity contribution in [2.75, 3.05) is 0 Å². The Labute approximate surface area is 140 Å². The molecule has 0 amide bonds. The van der Waals surface area contributed by atoms with Crippen LogP contribution in [0.1, 0.15) is 21.7 Å². The van der Waals surface area contributed by atoms with Gasteiger partial charge in [0.25, 0.3) is 0 Å². The summed E-state index contributed by atoms with van der Waals surface area (Å²) in [5.74, 6) is 0.110. The van der Waals surface area contributed by atoms with Gasteiger partial charge in [-0.2, -0.15) is 0 Å². The third-order valence-electron chi connectivity index (χ3n) is 3.66. The van der Waals surface area contributed by atoms with Crippen LogP contribution in [-0.4, -0.2) is 10.5 Å². The predicted octanol–water partition coefficient (Wildman–Crippen LogP) is 4.97. The first kappa shape index (κ1) is 15.4. The van der Waals surface area contributed by atoms with Crippen molar-refractivity contribution in [3.8, 4) is 11.4 Å². The minimum Gasteiger partial charge on any atom is -0.423 e. The molecule has 0 saturated heterocycles. The number of aryl methyl sites for hydroxylation is 2. The largest absolute Gasteiger partial charge is 0.423 e. The Hall–Kier alpha value is -2.52. The molecule has 1 heterocycles. The molecule has 0 fully saturated rings. The van der Waals surface area contributed by atoms with Crippen molar-refractivity contribution in [3.05, 3.63) is 82.6 Å². The lowest BCUT2D eigenvalue weighted by atomic mass is 10.2. The van der Waals surface area contributed by atoms with Gasteiger partial charge in [-0.25, -0.2) is 4.79 Å². The van der Waals surface area contributed by atoms with E-state index in [1.54, 1.807) is 36.4 Å². The van der Waals surface area contributed by atoms with Crippen LogP contribution in [0.5, 0.6) is 5.75 Å². The van der Waals surface area contributed by atoms with Gasteiger partial charge in [0.15, 0.2) is 0 Å². The Morgan fingerprint density at radius 3 is 2.00 bits per heavy atom. The molecule has 0 spiro atoms. The van der Waals surface area contributed by atoms with E-state index in [0.717, 1.165) is 17.1 Å². The Bertz CT molecular complexity index is 813. The highest BCUT2D eigenvalue weighted by Crippen LogP contribution is 2.20. The standard InChI is InChI=1S/C19H16ClNO2/c1-13-3-4-14(2)21(13)17-9-11-18(12-10-17)23-19(22)15-5-7-16(20)8-6-15/h3-12H,1-2H3. The second-order valence-corrected chi connectivity index (χ2v) is 5.78. The number of hydrogen-bond acceptors (Lipinski definition) is 2. The number of hydrogen-bond donors (Lipinski definition) is 0. The van der Waals surface area contributed by atoms with E-state index in [9.17, 15) is 4.79 Å². The molecule has 23 heavy (non-hydrogen) atoms. The van der Waals surface area contributed by atoms with E-state index in [1.165, 1.54) is 0 Å². The van der Waals surface area contributed by atoms with Gasteiger partial charge in [0.05, 0.1) is 5.56 Å². The normalized spacial score (nSPS) is 10.6. The number of nitrogens with zero attached hydrogens (tertiary/aromatic N) is 1. The molecule has 0 unspecified atom stereocenters. The summed E-state index contributed by atoms with van der Waals surface area (Å²) in [6.45, 7) is 4.11. The smallest absolute Gasteiger partial charge is 0.343 e. The molecule has 0 N–H and O–H groups in total. The molecule has 4 heteroatoms. The van der Waals surface area contributed by atoms with E-state index in [0.29, 0.717) is 16.3 Å². The average molecular weight is 326 g/mol. The van der Waals surface area contributed by atoms with Crippen LogP contribution in [0.2, 0.25) is 5.02 Å². The Morgan fingerprint density at radius 2 is 1.43 bits per heavy atom. The SMILES string of the molecule is Cc1ccc(C)n1-c1ccc(OC(=O)c2ccc(Cl)cc2)cc1. The van der Waals surface area contributed by atoms with Crippen molar-refractivity contribution >= 4 is 17.6 Å². The van der Waals surface area contributed by atoms with Gasteiger partial charge in [-0.3, -0.25) is 0 Å². The van der Waals surface area contributed by atoms with E-state index < -0.39 is 5.97 Å². The van der Waals surface area contributed by atoms with Crippen LogP contribution in [0.3, 0.4) is 0 Å². The summed E-state index contributed by atoms with van der Waals surface area (Å²) in [5, 5.41) is 0.586. The fourth-order valence-electron chi connectivity index (χ4n) is 2.49. The minimum atomic E-state index is -0.400. The molecule has 3 aromatic rings. The van der Waals surface area contributed by atoms with Gasteiger partial charge in [0, 0.05) is 22.1 Å². The first-order valence-electron chi connectivity index (χ1n) is 7.28. The highest BCUT2D eigenvalue weighted by Gasteiger charge is 2.09. The summed E-state index contributed by atoms with van der Waals surface area (Å²) in [5.41, 5.74) is 3.83. The second kappa shape index (κ2) is 6.31. The first-order chi connectivity index (χ1) is 11.0. The maximum absolute atomic E-state index is 12.1. The van der Waals surface area contributed by atoms with Gasteiger partial charge in [-0.05, 0) is 74.5 Å². The zero-order chi connectivity index (χ0) is 16.4. The molecule has 3 rings (SSSR count). The van der Waals surface area contributed by atoms with Gasteiger partial charge in [-0.1, -0.05) is 11.6 Å². The molecule has 0 aliphatic rings. The maximum atomic E-state index is 12.1. The average Bonchev–Trinajstić information content (AvgIpc) is 2.88.